The number of carbonyl (C=O) groups excluding carboxylic acids is 2. The van der Waals surface area contributed by atoms with Gasteiger partial charge in [-0.25, -0.2) is 0 Å². The topological polar surface area (TPSA) is 76.4 Å². The van der Waals surface area contributed by atoms with Crippen molar-refractivity contribution in [2.24, 2.45) is 11.3 Å². The fraction of sp³-hybridized carbons (Fsp3) is 0.625. The van der Waals surface area contributed by atoms with E-state index in [2.05, 4.69) is 9.47 Å². The van der Waals surface area contributed by atoms with Gasteiger partial charge in [0.2, 0.25) is 0 Å². The van der Waals surface area contributed by atoms with Gasteiger partial charge in [-0.3, -0.25) is 9.59 Å². The van der Waals surface area contributed by atoms with Crippen molar-refractivity contribution in [2.75, 3.05) is 14.2 Å². The number of methoxy groups -OCH3 is 2. The van der Waals surface area contributed by atoms with Gasteiger partial charge in [0, 0.05) is 0 Å². The maximum atomic E-state index is 11.1. The first-order valence-electron chi connectivity index (χ1n) is 3.70. The zero-order valence-electron chi connectivity index (χ0n) is 7.36. The van der Waals surface area contributed by atoms with Gasteiger partial charge in [-0.2, -0.15) is 5.26 Å². The lowest BCUT2D eigenvalue weighted by Crippen LogP contribution is -2.21. The number of ether oxygens (including phenoxy) is 2. The molecular formula is C8H9NO4. The van der Waals surface area contributed by atoms with E-state index in [0.717, 1.165) is 0 Å². The second-order valence-corrected chi connectivity index (χ2v) is 2.85. The highest BCUT2D eigenvalue weighted by Gasteiger charge is 2.66. The summed E-state index contributed by atoms with van der Waals surface area (Å²) in [6.07, 6.45) is 0.197. The summed E-state index contributed by atoms with van der Waals surface area (Å²) in [5.74, 6) is -1.85. The van der Waals surface area contributed by atoms with E-state index in [4.69, 9.17) is 5.26 Å². The molecule has 0 heterocycles. The van der Waals surface area contributed by atoms with Crippen LogP contribution in [0.1, 0.15) is 6.42 Å². The fourth-order valence-corrected chi connectivity index (χ4v) is 1.27. The molecule has 1 aliphatic rings. The van der Waals surface area contributed by atoms with Gasteiger partial charge in [-0.05, 0) is 6.42 Å². The SMILES string of the molecule is COC(=O)[C@H]1C[C@@]1(C#N)C(=O)OC. The highest BCUT2D eigenvalue weighted by Crippen LogP contribution is 2.53. The highest BCUT2D eigenvalue weighted by molar-refractivity contribution is 5.93. The number of hydrogen-bond acceptors (Lipinski definition) is 5. The Kier molecular flexibility index (Phi) is 2.24. The smallest absolute Gasteiger partial charge is 0.327 e. The molecule has 0 aromatic carbocycles. The molecule has 2 atom stereocenters. The van der Waals surface area contributed by atoms with Crippen LogP contribution in [-0.4, -0.2) is 26.2 Å². The number of nitriles is 1. The number of carbonyl (C=O) groups is 2. The zero-order chi connectivity index (χ0) is 10.1. The summed E-state index contributed by atoms with van der Waals surface area (Å²) in [4.78, 5) is 22.1. The van der Waals surface area contributed by atoms with Crippen LogP contribution in [0.5, 0.6) is 0 Å². The Balaban J connectivity index is 2.76. The van der Waals surface area contributed by atoms with Crippen LogP contribution in [0.2, 0.25) is 0 Å². The highest BCUT2D eigenvalue weighted by atomic mass is 16.5. The van der Waals surface area contributed by atoms with Gasteiger partial charge in [0.1, 0.15) is 0 Å². The summed E-state index contributed by atoms with van der Waals surface area (Å²) in [5, 5.41) is 8.71. The molecule has 0 spiro atoms. The van der Waals surface area contributed by atoms with E-state index in [1.165, 1.54) is 14.2 Å². The van der Waals surface area contributed by atoms with Gasteiger partial charge in [0.25, 0.3) is 0 Å². The van der Waals surface area contributed by atoms with Crippen LogP contribution in [0.25, 0.3) is 0 Å². The van der Waals surface area contributed by atoms with Crippen molar-refractivity contribution in [1.29, 1.82) is 5.26 Å². The lowest BCUT2D eigenvalue weighted by molar-refractivity contribution is -0.150. The van der Waals surface area contributed by atoms with E-state index in [1.807, 2.05) is 0 Å². The summed E-state index contributed by atoms with van der Waals surface area (Å²) in [7, 11) is 2.41. The van der Waals surface area contributed by atoms with E-state index >= 15 is 0 Å². The average Bonchev–Trinajstić information content (AvgIpc) is 2.91. The van der Waals surface area contributed by atoms with Crippen molar-refractivity contribution in [3.63, 3.8) is 0 Å². The largest absolute Gasteiger partial charge is 0.469 e. The molecule has 0 unspecified atom stereocenters. The summed E-state index contributed by atoms with van der Waals surface area (Å²) >= 11 is 0. The van der Waals surface area contributed by atoms with Gasteiger partial charge in [-0.15, -0.1) is 0 Å². The molecule has 0 N–H and O–H groups in total. The van der Waals surface area contributed by atoms with E-state index in [1.54, 1.807) is 6.07 Å². The number of esters is 2. The van der Waals surface area contributed by atoms with Crippen LogP contribution in [0.4, 0.5) is 0 Å². The summed E-state index contributed by atoms with van der Waals surface area (Å²) < 4.78 is 8.85. The van der Waals surface area contributed by atoms with Crippen LogP contribution >= 0.6 is 0 Å². The molecule has 5 nitrogen and oxygen atoms in total. The van der Waals surface area contributed by atoms with Crippen molar-refractivity contribution in [1.82, 2.24) is 0 Å². The lowest BCUT2D eigenvalue weighted by Gasteiger charge is -2.03. The van der Waals surface area contributed by atoms with Gasteiger partial charge in [0.15, 0.2) is 5.41 Å². The Morgan fingerprint density at radius 2 is 2.08 bits per heavy atom. The molecule has 0 bridgehead atoms. The molecule has 0 saturated heterocycles. The van der Waals surface area contributed by atoms with E-state index in [9.17, 15) is 9.59 Å². The Morgan fingerprint density at radius 1 is 1.46 bits per heavy atom. The Morgan fingerprint density at radius 3 is 2.46 bits per heavy atom. The third-order valence-electron chi connectivity index (χ3n) is 2.20. The number of hydrogen-bond donors (Lipinski definition) is 0. The molecule has 1 rings (SSSR count). The summed E-state index contributed by atoms with van der Waals surface area (Å²) in [5.41, 5.74) is -1.29. The van der Waals surface area contributed by atoms with Gasteiger partial charge >= 0.3 is 11.9 Å². The van der Waals surface area contributed by atoms with Crippen LogP contribution in [0.3, 0.4) is 0 Å². The standard InChI is InChI=1S/C8H9NO4/c1-12-6(10)5-3-8(5,4-9)7(11)13-2/h5H,3H2,1-2H3/t5-,8+/m1/s1. The van der Waals surface area contributed by atoms with E-state index < -0.39 is 23.3 Å². The molecule has 0 aromatic heterocycles. The van der Waals surface area contributed by atoms with Crippen LogP contribution in [-0.2, 0) is 19.1 Å². The fourth-order valence-electron chi connectivity index (χ4n) is 1.27. The average molecular weight is 183 g/mol. The lowest BCUT2D eigenvalue weighted by atomic mass is 10.1. The molecule has 5 heteroatoms. The predicted octanol–water partition coefficient (Wildman–Crippen LogP) is -0.138. The second-order valence-electron chi connectivity index (χ2n) is 2.85. The van der Waals surface area contributed by atoms with Crippen LogP contribution in [0, 0.1) is 22.7 Å². The zero-order valence-corrected chi connectivity index (χ0v) is 7.36. The molecule has 13 heavy (non-hydrogen) atoms. The molecule has 70 valence electrons. The Hall–Kier alpha value is -1.57. The molecule has 0 aliphatic heterocycles. The third kappa shape index (κ3) is 1.24. The maximum Gasteiger partial charge on any atom is 0.327 e. The Bertz CT molecular complexity index is 293. The third-order valence-corrected chi connectivity index (χ3v) is 2.20. The van der Waals surface area contributed by atoms with Crippen molar-refractivity contribution >= 4 is 11.9 Å². The van der Waals surface area contributed by atoms with Crippen LogP contribution in [0.15, 0.2) is 0 Å². The molecule has 0 amide bonds. The summed E-state index contributed by atoms with van der Waals surface area (Å²) in [6.45, 7) is 0. The van der Waals surface area contributed by atoms with Gasteiger partial charge in [0.05, 0.1) is 26.2 Å². The van der Waals surface area contributed by atoms with Crippen molar-refractivity contribution in [3.05, 3.63) is 0 Å². The quantitative estimate of drug-likeness (QED) is 0.557. The first kappa shape index (κ1) is 9.52. The maximum absolute atomic E-state index is 11.1. The minimum absolute atomic E-state index is 0.197. The minimum Gasteiger partial charge on any atom is -0.469 e. The van der Waals surface area contributed by atoms with Gasteiger partial charge < -0.3 is 9.47 Å². The van der Waals surface area contributed by atoms with Crippen molar-refractivity contribution in [2.45, 2.75) is 6.42 Å². The number of rotatable bonds is 2. The molecular weight excluding hydrogens is 174 g/mol. The van der Waals surface area contributed by atoms with Crippen molar-refractivity contribution in [3.8, 4) is 6.07 Å². The minimum atomic E-state index is -1.29. The summed E-state index contributed by atoms with van der Waals surface area (Å²) in [6, 6.07) is 1.79. The molecule has 1 saturated carbocycles. The van der Waals surface area contributed by atoms with E-state index in [0.29, 0.717) is 0 Å². The first-order valence-corrected chi connectivity index (χ1v) is 3.70. The van der Waals surface area contributed by atoms with Crippen LogP contribution < -0.4 is 0 Å². The number of nitrogens with zero attached hydrogens (tertiary/aromatic N) is 1. The molecule has 1 fully saturated rings. The Labute approximate surface area is 75.2 Å². The second kappa shape index (κ2) is 3.05. The first-order chi connectivity index (χ1) is 6.12. The molecule has 0 radical (unpaired) electrons. The van der Waals surface area contributed by atoms with Crippen molar-refractivity contribution < 1.29 is 19.1 Å². The predicted molar refractivity (Wildman–Crippen MR) is 40.2 cm³/mol. The van der Waals surface area contributed by atoms with E-state index in [-0.39, 0.29) is 6.42 Å². The molecule has 1 aliphatic carbocycles. The van der Waals surface area contributed by atoms with Gasteiger partial charge in [-0.1, -0.05) is 0 Å². The normalized spacial score (nSPS) is 30.1. The monoisotopic (exact) mass is 183 g/mol. The molecule has 0 aromatic rings.